The SMILES string of the molecule is OCCNc1nccc(N2CCc3ccccc3C2)n1. The zero-order chi connectivity index (χ0) is 13.8. The molecule has 1 aromatic heterocycles. The summed E-state index contributed by atoms with van der Waals surface area (Å²) in [6.45, 7) is 2.39. The Morgan fingerprint density at radius 3 is 2.90 bits per heavy atom. The number of nitrogens with one attached hydrogen (secondary N) is 1. The molecule has 1 aliphatic heterocycles. The molecule has 2 heterocycles. The van der Waals surface area contributed by atoms with Gasteiger partial charge in [0.2, 0.25) is 5.95 Å². The van der Waals surface area contributed by atoms with Crippen molar-refractivity contribution in [2.45, 2.75) is 13.0 Å². The van der Waals surface area contributed by atoms with E-state index in [4.69, 9.17) is 5.11 Å². The first-order valence-corrected chi connectivity index (χ1v) is 6.86. The second kappa shape index (κ2) is 5.88. The van der Waals surface area contributed by atoms with Crippen LogP contribution in [0.2, 0.25) is 0 Å². The van der Waals surface area contributed by atoms with Crippen molar-refractivity contribution < 1.29 is 5.11 Å². The Morgan fingerprint density at radius 1 is 1.20 bits per heavy atom. The van der Waals surface area contributed by atoms with Gasteiger partial charge in [-0.05, 0) is 23.6 Å². The highest BCUT2D eigenvalue weighted by atomic mass is 16.3. The molecule has 1 aromatic carbocycles. The van der Waals surface area contributed by atoms with Gasteiger partial charge in [-0.3, -0.25) is 0 Å². The molecule has 0 unspecified atom stereocenters. The second-order valence-electron chi connectivity index (χ2n) is 4.83. The molecular formula is C15H18N4O. The third-order valence-corrected chi connectivity index (χ3v) is 3.49. The van der Waals surface area contributed by atoms with Gasteiger partial charge in [-0.1, -0.05) is 24.3 Å². The van der Waals surface area contributed by atoms with E-state index in [9.17, 15) is 0 Å². The fraction of sp³-hybridized carbons (Fsp3) is 0.333. The summed E-state index contributed by atoms with van der Waals surface area (Å²) < 4.78 is 0. The lowest BCUT2D eigenvalue weighted by molar-refractivity contribution is 0.311. The van der Waals surface area contributed by atoms with Crippen molar-refractivity contribution in [1.29, 1.82) is 0 Å². The molecule has 0 fully saturated rings. The Hall–Kier alpha value is -2.14. The van der Waals surface area contributed by atoms with Crippen molar-refractivity contribution in [2.24, 2.45) is 0 Å². The summed E-state index contributed by atoms with van der Waals surface area (Å²) >= 11 is 0. The zero-order valence-electron chi connectivity index (χ0n) is 11.3. The predicted octanol–water partition coefficient (Wildman–Crippen LogP) is 1.44. The fourth-order valence-electron chi connectivity index (χ4n) is 2.47. The van der Waals surface area contributed by atoms with Crippen LogP contribution in [0.15, 0.2) is 36.5 Å². The first kappa shape index (κ1) is 12.9. The van der Waals surface area contributed by atoms with Gasteiger partial charge >= 0.3 is 0 Å². The molecule has 0 saturated heterocycles. The van der Waals surface area contributed by atoms with Gasteiger partial charge in [0.05, 0.1) is 6.61 Å². The number of rotatable bonds is 4. The molecular weight excluding hydrogens is 252 g/mol. The molecule has 0 bridgehead atoms. The smallest absolute Gasteiger partial charge is 0.224 e. The summed E-state index contributed by atoms with van der Waals surface area (Å²) in [6, 6.07) is 10.5. The summed E-state index contributed by atoms with van der Waals surface area (Å²) in [5.41, 5.74) is 2.79. The molecule has 2 N–H and O–H groups in total. The summed E-state index contributed by atoms with van der Waals surface area (Å²) in [4.78, 5) is 10.9. The van der Waals surface area contributed by atoms with Crippen LogP contribution in [0.25, 0.3) is 0 Å². The number of nitrogens with zero attached hydrogens (tertiary/aromatic N) is 3. The highest BCUT2D eigenvalue weighted by Gasteiger charge is 2.17. The van der Waals surface area contributed by atoms with E-state index in [1.54, 1.807) is 6.20 Å². The minimum absolute atomic E-state index is 0.0741. The van der Waals surface area contributed by atoms with Gasteiger partial charge in [0.25, 0.3) is 0 Å². The van der Waals surface area contributed by atoms with Crippen LogP contribution < -0.4 is 10.2 Å². The number of anilines is 2. The molecule has 5 heteroatoms. The highest BCUT2D eigenvalue weighted by molar-refractivity contribution is 5.46. The van der Waals surface area contributed by atoms with Crippen LogP contribution in [-0.2, 0) is 13.0 Å². The van der Waals surface area contributed by atoms with E-state index in [1.807, 2.05) is 6.07 Å². The van der Waals surface area contributed by atoms with Gasteiger partial charge in [0, 0.05) is 25.8 Å². The maximum Gasteiger partial charge on any atom is 0.224 e. The number of fused-ring (bicyclic) bond motifs is 1. The Bertz CT molecular complexity index is 588. The average Bonchev–Trinajstić information content (AvgIpc) is 2.53. The number of hydrogen-bond donors (Lipinski definition) is 2. The van der Waals surface area contributed by atoms with E-state index in [1.165, 1.54) is 11.1 Å². The van der Waals surface area contributed by atoms with E-state index in [0.29, 0.717) is 12.5 Å². The van der Waals surface area contributed by atoms with Crippen molar-refractivity contribution in [2.75, 3.05) is 29.9 Å². The number of hydrogen-bond acceptors (Lipinski definition) is 5. The molecule has 0 spiro atoms. The van der Waals surface area contributed by atoms with Crippen molar-refractivity contribution >= 4 is 11.8 Å². The van der Waals surface area contributed by atoms with Gasteiger partial charge in [-0.15, -0.1) is 0 Å². The Kier molecular flexibility index (Phi) is 3.78. The predicted molar refractivity (Wildman–Crippen MR) is 78.8 cm³/mol. The van der Waals surface area contributed by atoms with Gasteiger partial charge in [-0.2, -0.15) is 4.98 Å². The van der Waals surface area contributed by atoms with Crippen molar-refractivity contribution in [1.82, 2.24) is 9.97 Å². The molecule has 0 saturated carbocycles. The van der Waals surface area contributed by atoms with Crippen molar-refractivity contribution in [3.05, 3.63) is 47.7 Å². The molecule has 2 aromatic rings. The van der Waals surface area contributed by atoms with Gasteiger partial charge in [-0.25, -0.2) is 4.98 Å². The number of aromatic nitrogens is 2. The molecule has 1 aliphatic rings. The maximum absolute atomic E-state index is 8.83. The molecule has 0 atom stereocenters. The van der Waals surface area contributed by atoms with Crippen molar-refractivity contribution in [3.63, 3.8) is 0 Å². The topological polar surface area (TPSA) is 61.3 Å². The lowest BCUT2D eigenvalue weighted by Crippen LogP contribution is -2.31. The highest BCUT2D eigenvalue weighted by Crippen LogP contribution is 2.23. The van der Waals surface area contributed by atoms with Crippen LogP contribution in [0.5, 0.6) is 0 Å². The minimum Gasteiger partial charge on any atom is -0.395 e. The third-order valence-electron chi connectivity index (χ3n) is 3.49. The molecule has 3 rings (SSSR count). The van der Waals surface area contributed by atoms with Crippen LogP contribution in [0.1, 0.15) is 11.1 Å². The third kappa shape index (κ3) is 2.72. The molecule has 0 aliphatic carbocycles. The quantitative estimate of drug-likeness (QED) is 0.880. The summed E-state index contributed by atoms with van der Waals surface area (Å²) in [5.74, 6) is 1.49. The Balaban J connectivity index is 1.77. The first-order valence-electron chi connectivity index (χ1n) is 6.86. The van der Waals surface area contributed by atoms with Crippen LogP contribution in [0, 0.1) is 0 Å². The first-order chi connectivity index (χ1) is 9.86. The van der Waals surface area contributed by atoms with Gasteiger partial charge < -0.3 is 15.3 Å². The Labute approximate surface area is 118 Å². The number of benzene rings is 1. The summed E-state index contributed by atoms with van der Waals surface area (Å²) in [5, 5.41) is 11.8. The molecule has 104 valence electrons. The summed E-state index contributed by atoms with van der Waals surface area (Å²) in [7, 11) is 0. The lowest BCUT2D eigenvalue weighted by atomic mass is 10.00. The molecule has 0 amide bonds. The summed E-state index contributed by atoms with van der Waals surface area (Å²) in [6.07, 6.45) is 2.79. The van der Waals surface area contributed by atoms with Gasteiger partial charge in [0.15, 0.2) is 0 Å². The monoisotopic (exact) mass is 270 g/mol. The number of aliphatic hydroxyl groups is 1. The maximum atomic E-state index is 8.83. The van der Waals surface area contributed by atoms with E-state index in [2.05, 4.69) is 44.5 Å². The standard InChI is InChI=1S/C15H18N4O/c20-10-8-17-15-16-7-5-14(18-15)19-9-6-12-3-1-2-4-13(12)11-19/h1-5,7,20H,6,8-11H2,(H,16,17,18). The van der Waals surface area contributed by atoms with E-state index >= 15 is 0 Å². The zero-order valence-corrected chi connectivity index (χ0v) is 11.3. The van der Waals surface area contributed by atoms with E-state index in [-0.39, 0.29) is 6.61 Å². The minimum atomic E-state index is 0.0741. The average molecular weight is 270 g/mol. The normalized spacial score (nSPS) is 13.9. The van der Waals surface area contributed by atoms with Crippen LogP contribution >= 0.6 is 0 Å². The number of aliphatic hydroxyl groups excluding tert-OH is 1. The Morgan fingerprint density at radius 2 is 2.05 bits per heavy atom. The second-order valence-corrected chi connectivity index (χ2v) is 4.83. The van der Waals surface area contributed by atoms with Crippen LogP contribution in [0.3, 0.4) is 0 Å². The van der Waals surface area contributed by atoms with Crippen LogP contribution in [0.4, 0.5) is 11.8 Å². The van der Waals surface area contributed by atoms with Crippen LogP contribution in [-0.4, -0.2) is 34.8 Å². The fourth-order valence-corrected chi connectivity index (χ4v) is 2.47. The molecule has 0 radical (unpaired) electrons. The van der Waals surface area contributed by atoms with Gasteiger partial charge in [0.1, 0.15) is 5.82 Å². The molecule has 5 nitrogen and oxygen atoms in total. The van der Waals surface area contributed by atoms with E-state index < -0.39 is 0 Å². The lowest BCUT2D eigenvalue weighted by Gasteiger charge is -2.29. The van der Waals surface area contributed by atoms with E-state index in [0.717, 1.165) is 25.3 Å². The van der Waals surface area contributed by atoms with Crippen molar-refractivity contribution in [3.8, 4) is 0 Å². The molecule has 20 heavy (non-hydrogen) atoms. The largest absolute Gasteiger partial charge is 0.395 e.